The number of rotatable bonds is 3. The van der Waals surface area contributed by atoms with E-state index in [2.05, 4.69) is 0 Å². The average molecular weight is 244 g/mol. The molecule has 0 heterocycles. The maximum Gasteiger partial charge on any atom is 0.386 e. The summed E-state index contributed by atoms with van der Waals surface area (Å²) in [6.45, 7) is 0. The van der Waals surface area contributed by atoms with E-state index >= 15 is 0 Å². The van der Waals surface area contributed by atoms with Crippen molar-refractivity contribution in [1.82, 2.24) is 4.72 Å². The molecular formula is CH3Cl2NO5S2. The highest BCUT2D eigenvalue weighted by Crippen LogP contribution is 2.03. The molecule has 0 aromatic rings. The third-order valence-corrected chi connectivity index (χ3v) is 4.02. The number of hydrogen-bond donors (Lipinski definition) is 2. The Bertz CT molecular complexity index is 314. The molecule has 11 heavy (non-hydrogen) atoms. The average Bonchev–Trinajstić information content (AvgIpc) is 1.56. The summed E-state index contributed by atoms with van der Waals surface area (Å²) in [5.74, 6) is 0. The molecule has 0 radical (unpaired) electrons. The predicted octanol–water partition coefficient (Wildman–Crippen LogP) is -0.530. The van der Waals surface area contributed by atoms with Crippen LogP contribution in [0.4, 0.5) is 0 Å². The van der Waals surface area contributed by atoms with Crippen LogP contribution >= 0.6 is 23.2 Å². The Morgan fingerprint density at radius 2 is 1.55 bits per heavy atom. The summed E-state index contributed by atoms with van der Waals surface area (Å²) in [4.78, 5) is -1.62. The third kappa shape index (κ3) is 3.54. The van der Waals surface area contributed by atoms with Gasteiger partial charge in [-0.15, -0.1) is 0 Å². The molecule has 10 heteroatoms. The van der Waals surface area contributed by atoms with Gasteiger partial charge in [0.1, 0.15) is 0 Å². The summed E-state index contributed by atoms with van der Waals surface area (Å²) >= 11 is 9.74. The van der Waals surface area contributed by atoms with Crippen molar-refractivity contribution in [2.24, 2.45) is 0 Å². The second kappa shape index (κ2) is 3.42. The molecule has 0 spiro atoms. The molecule has 2 N–H and O–H groups in total. The standard InChI is InChI=1S/CH3Cl2NO5S2/c2-1(3)4-10(5,6)11(7,8)9/h1,4H,(H,7,8,9). The van der Waals surface area contributed by atoms with E-state index in [1.807, 2.05) is 0 Å². The van der Waals surface area contributed by atoms with Gasteiger partial charge in [-0.2, -0.15) is 21.6 Å². The van der Waals surface area contributed by atoms with Crippen LogP contribution in [-0.4, -0.2) is 26.3 Å². The molecule has 0 aliphatic rings. The van der Waals surface area contributed by atoms with E-state index < -0.39 is 23.2 Å². The van der Waals surface area contributed by atoms with Gasteiger partial charge in [0, 0.05) is 0 Å². The normalized spacial score (nSPS) is 13.8. The highest BCUT2D eigenvalue weighted by molar-refractivity contribution is 8.64. The summed E-state index contributed by atoms with van der Waals surface area (Å²) in [6.07, 6.45) is 0. The van der Waals surface area contributed by atoms with E-state index in [9.17, 15) is 16.8 Å². The summed E-state index contributed by atoms with van der Waals surface area (Å²) < 4.78 is 49.9. The largest absolute Gasteiger partial charge is 0.386 e. The maximum absolute atomic E-state index is 10.3. The van der Waals surface area contributed by atoms with E-state index in [4.69, 9.17) is 27.8 Å². The van der Waals surface area contributed by atoms with Crippen LogP contribution in [0, 0.1) is 0 Å². The minimum atomic E-state index is -5.21. The van der Waals surface area contributed by atoms with E-state index in [0.717, 1.165) is 0 Å². The molecule has 0 aromatic heterocycles. The Labute approximate surface area is 72.7 Å². The van der Waals surface area contributed by atoms with Crippen molar-refractivity contribution in [2.45, 2.75) is 4.96 Å². The van der Waals surface area contributed by atoms with Gasteiger partial charge >= 0.3 is 18.2 Å². The molecule has 0 rings (SSSR count). The molecule has 0 aromatic carbocycles. The third-order valence-electron chi connectivity index (χ3n) is 0.511. The lowest BCUT2D eigenvalue weighted by Gasteiger charge is -2.01. The lowest BCUT2D eigenvalue weighted by molar-refractivity contribution is 0.491. The number of hydrogen-bond acceptors (Lipinski definition) is 4. The Kier molecular flexibility index (Phi) is 3.54. The molecule has 6 nitrogen and oxygen atoms in total. The molecule has 0 fully saturated rings. The van der Waals surface area contributed by atoms with Gasteiger partial charge < -0.3 is 0 Å². The molecule has 0 saturated heterocycles. The van der Waals surface area contributed by atoms with Crippen molar-refractivity contribution in [3.8, 4) is 0 Å². The van der Waals surface area contributed by atoms with E-state index in [-0.39, 0.29) is 0 Å². The quantitative estimate of drug-likeness (QED) is 0.301. The van der Waals surface area contributed by atoms with Crippen LogP contribution in [0.2, 0.25) is 0 Å². The number of nitrogens with one attached hydrogen (secondary N) is 1. The van der Waals surface area contributed by atoms with Crippen LogP contribution in [0.25, 0.3) is 0 Å². The Balaban J connectivity index is 4.81. The summed E-state index contributed by atoms with van der Waals surface area (Å²) in [6, 6.07) is 0. The van der Waals surface area contributed by atoms with E-state index in [0.29, 0.717) is 0 Å². The highest BCUT2D eigenvalue weighted by Gasteiger charge is 2.28. The molecule has 0 atom stereocenters. The fourth-order valence-electron chi connectivity index (χ4n) is 0.170. The first kappa shape index (κ1) is 11.4. The SMILES string of the molecule is O=S(=O)(O)S(=O)(=O)NC(Cl)Cl. The minimum Gasteiger partial charge on any atom is -0.273 e. The monoisotopic (exact) mass is 243 g/mol. The fraction of sp³-hybridized carbons (Fsp3) is 1.00. The molecule has 0 aliphatic carbocycles. The zero-order valence-electron chi connectivity index (χ0n) is 4.73. The van der Waals surface area contributed by atoms with Crippen LogP contribution < -0.4 is 4.72 Å². The maximum atomic E-state index is 10.3. The molecular weight excluding hydrogens is 241 g/mol. The first-order valence-electron chi connectivity index (χ1n) is 1.95. The number of halogens is 2. The zero-order chi connectivity index (χ0) is 9.28. The Hall–Kier alpha value is 0.400. The van der Waals surface area contributed by atoms with Gasteiger partial charge in [0.15, 0.2) is 4.96 Å². The van der Waals surface area contributed by atoms with Crippen molar-refractivity contribution in [2.75, 3.05) is 0 Å². The van der Waals surface area contributed by atoms with Crippen molar-refractivity contribution in [3.05, 3.63) is 0 Å². The van der Waals surface area contributed by atoms with Gasteiger partial charge in [0.2, 0.25) is 0 Å². The number of alkyl halides is 2. The van der Waals surface area contributed by atoms with Crippen LogP contribution in [0.5, 0.6) is 0 Å². The molecule has 0 amide bonds. The lowest BCUT2D eigenvalue weighted by Crippen LogP contribution is -2.33. The van der Waals surface area contributed by atoms with Crippen LogP contribution in [-0.2, 0) is 18.2 Å². The molecule has 0 aliphatic heterocycles. The summed E-state index contributed by atoms with van der Waals surface area (Å²) in [7, 11) is -10.1. The summed E-state index contributed by atoms with van der Waals surface area (Å²) in [5.41, 5.74) is 0. The van der Waals surface area contributed by atoms with Crippen LogP contribution in [0.15, 0.2) is 0 Å². The van der Waals surface area contributed by atoms with Gasteiger partial charge in [-0.05, 0) is 0 Å². The minimum absolute atomic E-state index is 1.22. The molecule has 68 valence electrons. The van der Waals surface area contributed by atoms with Gasteiger partial charge in [-0.3, -0.25) is 4.55 Å². The summed E-state index contributed by atoms with van der Waals surface area (Å²) in [5, 5.41) is 0. The van der Waals surface area contributed by atoms with Crippen LogP contribution in [0.3, 0.4) is 0 Å². The van der Waals surface area contributed by atoms with Crippen molar-refractivity contribution < 1.29 is 21.4 Å². The van der Waals surface area contributed by atoms with Crippen LogP contribution in [0.1, 0.15) is 0 Å². The molecule has 0 unspecified atom stereocenters. The second-order valence-corrected chi connectivity index (χ2v) is 6.98. The van der Waals surface area contributed by atoms with Crippen molar-refractivity contribution in [3.63, 3.8) is 0 Å². The topological polar surface area (TPSA) is 101 Å². The smallest absolute Gasteiger partial charge is 0.273 e. The van der Waals surface area contributed by atoms with Crippen molar-refractivity contribution in [1.29, 1.82) is 0 Å². The lowest BCUT2D eigenvalue weighted by atomic mass is 11.5. The van der Waals surface area contributed by atoms with E-state index in [1.165, 1.54) is 4.72 Å². The fourth-order valence-corrected chi connectivity index (χ4v) is 2.18. The van der Waals surface area contributed by atoms with Gasteiger partial charge in [-0.25, -0.2) is 0 Å². The van der Waals surface area contributed by atoms with E-state index in [1.54, 1.807) is 0 Å². The van der Waals surface area contributed by atoms with Gasteiger partial charge in [-0.1, -0.05) is 23.2 Å². The first-order chi connectivity index (χ1) is 4.67. The Morgan fingerprint density at radius 3 is 1.64 bits per heavy atom. The van der Waals surface area contributed by atoms with Gasteiger partial charge in [0.05, 0.1) is 0 Å². The Morgan fingerprint density at radius 1 is 1.18 bits per heavy atom. The first-order valence-corrected chi connectivity index (χ1v) is 6.26. The second-order valence-electron chi connectivity index (χ2n) is 1.30. The zero-order valence-corrected chi connectivity index (χ0v) is 7.87. The van der Waals surface area contributed by atoms with Crippen molar-refractivity contribution >= 4 is 41.4 Å². The van der Waals surface area contributed by atoms with Gasteiger partial charge in [0.25, 0.3) is 0 Å². The predicted molar refractivity (Wildman–Crippen MR) is 39.1 cm³/mol. The molecule has 0 saturated carbocycles. The molecule has 0 bridgehead atoms. The highest BCUT2D eigenvalue weighted by atomic mass is 35.5.